The first-order chi connectivity index (χ1) is 15.5. The van der Waals surface area contributed by atoms with E-state index in [9.17, 15) is 22.8 Å². The standard InChI is InChI=1S/C23H20ClN3O5S/c1-23(16-8-7-14-5-3-4-6-15(14)11-16)21(29)27(22(30)26-23)13-20(28)25-19-12-17(33(2,31)32)9-10-18(19)24/h3-12H,13H2,1-2H3,(H,25,28)(H,26,30)/t23-/m1/s1. The highest BCUT2D eigenvalue weighted by molar-refractivity contribution is 7.90. The average molecular weight is 486 g/mol. The Morgan fingerprint density at radius 1 is 1.06 bits per heavy atom. The normalized spacial score (nSPS) is 18.5. The topological polar surface area (TPSA) is 113 Å². The van der Waals surface area contributed by atoms with Gasteiger partial charge in [0.1, 0.15) is 12.1 Å². The average Bonchev–Trinajstić information content (AvgIpc) is 2.98. The number of benzene rings is 3. The summed E-state index contributed by atoms with van der Waals surface area (Å²) in [5.41, 5.74) is -0.685. The summed E-state index contributed by atoms with van der Waals surface area (Å²) in [7, 11) is -3.52. The highest BCUT2D eigenvalue weighted by atomic mass is 35.5. The van der Waals surface area contributed by atoms with Crippen LogP contribution in [0.25, 0.3) is 10.8 Å². The van der Waals surface area contributed by atoms with Crippen LogP contribution in [0.3, 0.4) is 0 Å². The van der Waals surface area contributed by atoms with Gasteiger partial charge in [0.2, 0.25) is 5.91 Å². The zero-order chi connectivity index (χ0) is 24.0. The predicted molar refractivity (Wildman–Crippen MR) is 125 cm³/mol. The van der Waals surface area contributed by atoms with Gasteiger partial charge in [-0.2, -0.15) is 0 Å². The largest absolute Gasteiger partial charge is 0.325 e. The first-order valence-corrected chi connectivity index (χ1v) is 12.2. The molecule has 0 spiro atoms. The molecule has 1 aliphatic rings. The number of nitrogens with one attached hydrogen (secondary N) is 2. The molecule has 0 saturated carbocycles. The highest BCUT2D eigenvalue weighted by Gasteiger charge is 2.49. The fraction of sp³-hybridized carbons (Fsp3) is 0.174. The van der Waals surface area contributed by atoms with Gasteiger partial charge in [0.15, 0.2) is 9.84 Å². The summed E-state index contributed by atoms with van der Waals surface area (Å²) in [5.74, 6) is -1.28. The van der Waals surface area contributed by atoms with Crippen LogP contribution >= 0.6 is 11.6 Å². The van der Waals surface area contributed by atoms with E-state index in [0.717, 1.165) is 21.9 Å². The second-order valence-corrected chi connectivity index (χ2v) is 10.4. The number of carbonyl (C=O) groups is 3. The number of fused-ring (bicyclic) bond motifs is 1. The van der Waals surface area contributed by atoms with Crippen LogP contribution in [0.5, 0.6) is 0 Å². The van der Waals surface area contributed by atoms with E-state index in [4.69, 9.17) is 11.6 Å². The summed E-state index contributed by atoms with van der Waals surface area (Å²) in [5, 5.41) is 7.17. The molecule has 1 fully saturated rings. The Bertz CT molecular complexity index is 1420. The minimum absolute atomic E-state index is 0.0268. The molecule has 3 aromatic rings. The maximum absolute atomic E-state index is 13.2. The summed E-state index contributed by atoms with van der Waals surface area (Å²) in [4.78, 5) is 39.2. The number of imide groups is 1. The van der Waals surface area contributed by atoms with Crippen molar-refractivity contribution in [2.75, 3.05) is 18.1 Å². The van der Waals surface area contributed by atoms with Gasteiger partial charge in [-0.25, -0.2) is 13.2 Å². The van der Waals surface area contributed by atoms with Crippen LogP contribution in [0, 0.1) is 0 Å². The van der Waals surface area contributed by atoms with Gasteiger partial charge < -0.3 is 10.6 Å². The van der Waals surface area contributed by atoms with Crippen molar-refractivity contribution in [3.8, 4) is 0 Å². The van der Waals surface area contributed by atoms with Crippen molar-refractivity contribution in [1.29, 1.82) is 0 Å². The monoisotopic (exact) mass is 485 g/mol. The fourth-order valence-corrected chi connectivity index (χ4v) is 4.51. The Morgan fingerprint density at radius 3 is 2.45 bits per heavy atom. The van der Waals surface area contributed by atoms with Gasteiger partial charge in [0, 0.05) is 6.26 Å². The molecule has 10 heteroatoms. The van der Waals surface area contributed by atoms with Crippen molar-refractivity contribution in [3.05, 3.63) is 71.2 Å². The van der Waals surface area contributed by atoms with E-state index in [0.29, 0.717) is 5.56 Å². The second-order valence-electron chi connectivity index (χ2n) is 7.97. The molecule has 2 N–H and O–H groups in total. The van der Waals surface area contributed by atoms with Crippen LogP contribution in [0.4, 0.5) is 10.5 Å². The van der Waals surface area contributed by atoms with E-state index in [1.165, 1.54) is 18.2 Å². The summed E-state index contributed by atoms with van der Waals surface area (Å²) < 4.78 is 23.5. The molecule has 0 unspecified atom stereocenters. The third-order valence-electron chi connectivity index (χ3n) is 5.54. The van der Waals surface area contributed by atoms with Crippen LogP contribution in [0.2, 0.25) is 5.02 Å². The lowest BCUT2D eigenvalue weighted by atomic mass is 9.90. The number of rotatable bonds is 5. The lowest BCUT2D eigenvalue weighted by Gasteiger charge is -2.22. The van der Waals surface area contributed by atoms with E-state index < -0.39 is 39.8 Å². The molecule has 0 aromatic heterocycles. The number of hydrogen-bond acceptors (Lipinski definition) is 5. The van der Waals surface area contributed by atoms with Gasteiger partial charge in [-0.15, -0.1) is 0 Å². The molecule has 4 rings (SSSR count). The smallest absolute Gasteiger partial charge is 0.323 e. The maximum atomic E-state index is 13.2. The molecular formula is C23H20ClN3O5S. The number of amides is 4. The summed E-state index contributed by atoms with van der Waals surface area (Å²) in [6.45, 7) is 1.02. The van der Waals surface area contributed by atoms with Gasteiger partial charge in [-0.3, -0.25) is 14.5 Å². The minimum Gasteiger partial charge on any atom is -0.323 e. The van der Waals surface area contributed by atoms with Crippen LogP contribution in [-0.2, 0) is 25.0 Å². The Labute approximate surface area is 195 Å². The first-order valence-electron chi connectivity index (χ1n) is 9.92. The van der Waals surface area contributed by atoms with Crippen LogP contribution in [0.1, 0.15) is 12.5 Å². The van der Waals surface area contributed by atoms with Gasteiger partial charge in [-0.05, 0) is 47.5 Å². The number of hydrogen-bond donors (Lipinski definition) is 2. The number of anilines is 1. The fourth-order valence-electron chi connectivity index (χ4n) is 3.70. The number of nitrogens with zero attached hydrogens (tertiary/aromatic N) is 1. The number of urea groups is 1. The molecule has 1 aliphatic heterocycles. The molecule has 170 valence electrons. The van der Waals surface area contributed by atoms with Gasteiger partial charge >= 0.3 is 6.03 Å². The zero-order valence-corrected chi connectivity index (χ0v) is 19.3. The van der Waals surface area contributed by atoms with Crippen LogP contribution in [0.15, 0.2) is 65.6 Å². The van der Waals surface area contributed by atoms with E-state index in [1.807, 2.05) is 36.4 Å². The lowest BCUT2D eigenvalue weighted by molar-refractivity contribution is -0.133. The number of carbonyl (C=O) groups excluding carboxylic acids is 3. The van der Waals surface area contributed by atoms with Crippen molar-refractivity contribution in [2.24, 2.45) is 0 Å². The van der Waals surface area contributed by atoms with Crippen molar-refractivity contribution in [3.63, 3.8) is 0 Å². The zero-order valence-electron chi connectivity index (χ0n) is 17.8. The van der Waals surface area contributed by atoms with Crippen molar-refractivity contribution in [2.45, 2.75) is 17.4 Å². The van der Waals surface area contributed by atoms with Crippen LogP contribution in [-0.4, -0.2) is 44.0 Å². The Hall–Kier alpha value is -3.43. The number of sulfone groups is 1. The van der Waals surface area contributed by atoms with E-state index in [2.05, 4.69) is 10.6 Å². The molecular weight excluding hydrogens is 466 g/mol. The second kappa shape index (κ2) is 8.17. The lowest BCUT2D eigenvalue weighted by Crippen LogP contribution is -2.42. The van der Waals surface area contributed by atoms with E-state index in [1.54, 1.807) is 13.0 Å². The van der Waals surface area contributed by atoms with E-state index in [-0.39, 0.29) is 15.6 Å². The number of halogens is 1. The molecule has 4 amide bonds. The van der Waals surface area contributed by atoms with Gasteiger partial charge in [-0.1, -0.05) is 48.0 Å². The van der Waals surface area contributed by atoms with E-state index >= 15 is 0 Å². The van der Waals surface area contributed by atoms with Gasteiger partial charge in [0.25, 0.3) is 5.91 Å². The SMILES string of the molecule is C[C@]1(c2ccc3ccccc3c2)NC(=O)N(CC(=O)Nc2cc(S(C)(=O)=O)ccc2Cl)C1=O. The third-order valence-corrected chi connectivity index (χ3v) is 6.98. The summed E-state index contributed by atoms with van der Waals surface area (Å²) in [6.07, 6.45) is 1.03. The molecule has 8 nitrogen and oxygen atoms in total. The van der Waals surface area contributed by atoms with Crippen molar-refractivity contribution in [1.82, 2.24) is 10.2 Å². The Kier molecular flexibility index (Phi) is 5.63. The Balaban J connectivity index is 1.55. The van der Waals surface area contributed by atoms with Crippen molar-refractivity contribution < 1.29 is 22.8 Å². The molecule has 1 atom stereocenters. The summed E-state index contributed by atoms with van der Waals surface area (Å²) in [6, 6.07) is 16.3. The third kappa shape index (κ3) is 4.29. The summed E-state index contributed by atoms with van der Waals surface area (Å²) >= 11 is 6.07. The Morgan fingerprint density at radius 2 is 1.76 bits per heavy atom. The van der Waals surface area contributed by atoms with Crippen molar-refractivity contribution >= 4 is 55.7 Å². The quantitative estimate of drug-likeness (QED) is 0.538. The highest BCUT2D eigenvalue weighted by Crippen LogP contribution is 2.31. The first kappa shape index (κ1) is 22.8. The van der Waals surface area contributed by atoms with Crippen LogP contribution < -0.4 is 10.6 Å². The molecule has 1 heterocycles. The minimum atomic E-state index is -3.52. The maximum Gasteiger partial charge on any atom is 0.325 e. The molecule has 3 aromatic carbocycles. The van der Waals surface area contributed by atoms with Gasteiger partial charge in [0.05, 0.1) is 15.6 Å². The molecule has 1 saturated heterocycles. The molecule has 0 radical (unpaired) electrons. The molecule has 0 aliphatic carbocycles. The predicted octanol–water partition coefficient (Wildman–Crippen LogP) is 3.30. The molecule has 33 heavy (non-hydrogen) atoms. The molecule has 0 bridgehead atoms.